The Morgan fingerprint density at radius 1 is 1.41 bits per heavy atom. The van der Waals surface area contributed by atoms with Crippen LogP contribution >= 0.6 is 15.9 Å². The van der Waals surface area contributed by atoms with Crippen molar-refractivity contribution >= 4 is 33.3 Å². The average molecular weight is 298 g/mol. The highest BCUT2D eigenvalue weighted by atomic mass is 79.9. The van der Waals surface area contributed by atoms with Gasteiger partial charge in [0.05, 0.1) is 23.9 Å². The third-order valence-electron chi connectivity index (χ3n) is 2.70. The molecule has 1 amide bonds. The molecule has 1 aliphatic rings. The Morgan fingerprint density at radius 3 is 2.76 bits per heavy atom. The number of aliphatic hydroxyl groups is 1. The van der Waals surface area contributed by atoms with Gasteiger partial charge in [-0.2, -0.15) is 0 Å². The fourth-order valence-corrected chi connectivity index (χ4v) is 2.06. The summed E-state index contributed by atoms with van der Waals surface area (Å²) in [5.74, 6) is -1.06. The van der Waals surface area contributed by atoms with E-state index in [1.807, 2.05) is 13.0 Å². The fourth-order valence-electron chi connectivity index (χ4n) is 1.86. The van der Waals surface area contributed by atoms with Gasteiger partial charge in [0.1, 0.15) is 0 Å². The maximum absolute atomic E-state index is 11.8. The standard InChI is InChI=1S/C12H12BrNO3/c1-7-2-3-10-9(4-7)11(16)12(17)14(10)6-8(15)5-13/h2-4,8,15H,5-6H2,1H3. The van der Waals surface area contributed by atoms with Crippen LogP contribution in [0.15, 0.2) is 18.2 Å². The van der Waals surface area contributed by atoms with Crippen LogP contribution in [0.1, 0.15) is 15.9 Å². The zero-order chi connectivity index (χ0) is 12.6. The molecule has 0 bridgehead atoms. The van der Waals surface area contributed by atoms with E-state index in [4.69, 9.17) is 0 Å². The Kier molecular flexibility index (Phi) is 3.31. The number of hydrogen-bond donors (Lipinski definition) is 1. The van der Waals surface area contributed by atoms with E-state index in [-0.39, 0.29) is 6.54 Å². The molecule has 1 aromatic carbocycles. The third-order valence-corrected chi connectivity index (χ3v) is 3.45. The number of hydrogen-bond acceptors (Lipinski definition) is 3. The summed E-state index contributed by atoms with van der Waals surface area (Å²) in [4.78, 5) is 24.9. The first-order valence-electron chi connectivity index (χ1n) is 5.25. The Bertz CT molecular complexity index is 487. The second-order valence-corrected chi connectivity index (χ2v) is 4.72. The molecule has 1 N–H and O–H groups in total. The molecule has 0 aliphatic carbocycles. The number of β-amino-alcohol motifs (C(OH)–C–C–N with tert-alkyl or cyclic N) is 1. The van der Waals surface area contributed by atoms with Gasteiger partial charge in [0.2, 0.25) is 0 Å². The molecule has 4 nitrogen and oxygen atoms in total. The van der Waals surface area contributed by atoms with E-state index in [2.05, 4.69) is 15.9 Å². The molecule has 1 aromatic rings. The molecule has 1 aliphatic heterocycles. The van der Waals surface area contributed by atoms with Gasteiger partial charge >= 0.3 is 0 Å². The second kappa shape index (κ2) is 4.58. The number of halogens is 1. The summed E-state index contributed by atoms with van der Waals surface area (Å²) in [5, 5.41) is 9.92. The van der Waals surface area contributed by atoms with Crippen LogP contribution in [0.2, 0.25) is 0 Å². The summed E-state index contributed by atoms with van der Waals surface area (Å²) in [7, 11) is 0. The largest absolute Gasteiger partial charge is 0.390 e. The number of fused-ring (bicyclic) bond motifs is 1. The van der Waals surface area contributed by atoms with E-state index in [0.717, 1.165) is 5.56 Å². The van der Waals surface area contributed by atoms with Crippen molar-refractivity contribution < 1.29 is 14.7 Å². The van der Waals surface area contributed by atoms with E-state index >= 15 is 0 Å². The lowest BCUT2D eigenvalue weighted by Gasteiger charge is -2.19. The van der Waals surface area contributed by atoms with Crippen LogP contribution in [0.25, 0.3) is 0 Å². The fraction of sp³-hybridized carbons (Fsp3) is 0.333. The minimum Gasteiger partial charge on any atom is -0.390 e. The maximum Gasteiger partial charge on any atom is 0.299 e. The lowest BCUT2D eigenvalue weighted by molar-refractivity contribution is -0.114. The topological polar surface area (TPSA) is 57.6 Å². The Hall–Kier alpha value is -1.20. The molecule has 0 spiro atoms. The van der Waals surface area contributed by atoms with Gasteiger partial charge in [0.25, 0.3) is 11.7 Å². The van der Waals surface area contributed by atoms with Crippen molar-refractivity contribution in [1.82, 2.24) is 0 Å². The highest BCUT2D eigenvalue weighted by Crippen LogP contribution is 2.29. The third kappa shape index (κ3) is 2.12. The van der Waals surface area contributed by atoms with Crippen LogP contribution in [-0.4, -0.2) is 34.8 Å². The molecule has 5 heteroatoms. The van der Waals surface area contributed by atoms with Gasteiger partial charge in [0.15, 0.2) is 0 Å². The molecule has 0 radical (unpaired) electrons. The first-order chi connectivity index (χ1) is 8.04. The number of aryl methyl sites for hydroxylation is 1. The number of carbonyl (C=O) groups excluding carboxylic acids is 2. The molecule has 90 valence electrons. The highest BCUT2D eigenvalue weighted by molar-refractivity contribution is 9.09. The Labute approximate surface area is 107 Å². The van der Waals surface area contributed by atoms with Crippen LogP contribution in [0.5, 0.6) is 0 Å². The smallest absolute Gasteiger partial charge is 0.299 e. The van der Waals surface area contributed by atoms with Crippen LogP contribution in [0, 0.1) is 6.92 Å². The first-order valence-corrected chi connectivity index (χ1v) is 6.37. The van der Waals surface area contributed by atoms with Gasteiger partial charge in [-0.05, 0) is 19.1 Å². The van der Waals surface area contributed by atoms with Crippen molar-refractivity contribution in [1.29, 1.82) is 0 Å². The zero-order valence-electron chi connectivity index (χ0n) is 9.31. The molecule has 1 heterocycles. The number of anilines is 1. The number of ketones is 1. The molecule has 0 saturated heterocycles. The second-order valence-electron chi connectivity index (χ2n) is 4.07. The summed E-state index contributed by atoms with van der Waals surface area (Å²) in [6.45, 7) is 2.00. The number of alkyl halides is 1. The van der Waals surface area contributed by atoms with E-state index in [0.29, 0.717) is 16.6 Å². The molecule has 17 heavy (non-hydrogen) atoms. The SMILES string of the molecule is Cc1ccc2c(c1)C(=O)C(=O)N2CC(O)CBr. The molecule has 1 atom stereocenters. The van der Waals surface area contributed by atoms with E-state index < -0.39 is 17.8 Å². The minimum absolute atomic E-state index is 0.131. The summed E-state index contributed by atoms with van der Waals surface area (Å²) < 4.78 is 0. The molecular weight excluding hydrogens is 286 g/mol. The van der Waals surface area contributed by atoms with Crippen LogP contribution in [-0.2, 0) is 4.79 Å². The van der Waals surface area contributed by atoms with Crippen LogP contribution < -0.4 is 4.90 Å². The van der Waals surface area contributed by atoms with Crippen molar-refractivity contribution in [3.8, 4) is 0 Å². The normalized spacial score (nSPS) is 16.3. The molecule has 2 rings (SSSR count). The number of Topliss-reactive ketones (excluding diaryl/α,β-unsaturated/α-hetero) is 1. The average Bonchev–Trinajstić information content (AvgIpc) is 2.54. The lowest BCUT2D eigenvalue weighted by Crippen LogP contribution is -2.37. The van der Waals surface area contributed by atoms with Gasteiger partial charge in [0, 0.05) is 5.33 Å². The Morgan fingerprint density at radius 2 is 2.12 bits per heavy atom. The summed E-state index contributed by atoms with van der Waals surface area (Å²) in [6, 6.07) is 5.29. The molecule has 0 fully saturated rings. The van der Waals surface area contributed by atoms with Crippen molar-refractivity contribution in [3.05, 3.63) is 29.3 Å². The van der Waals surface area contributed by atoms with Gasteiger partial charge in [-0.3, -0.25) is 9.59 Å². The maximum atomic E-state index is 11.8. The van der Waals surface area contributed by atoms with E-state index in [1.165, 1.54) is 4.90 Å². The zero-order valence-corrected chi connectivity index (χ0v) is 10.9. The van der Waals surface area contributed by atoms with Crippen molar-refractivity contribution in [3.63, 3.8) is 0 Å². The molecule has 0 aromatic heterocycles. The van der Waals surface area contributed by atoms with Gasteiger partial charge in [-0.15, -0.1) is 0 Å². The van der Waals surface area contributed by atoms with Crippen molar-refractivity contribution in [2.24, 2.45) is 0 Å². The number of rotatable bonds is 3. The summed E-state index contributed by atoms with van der Waals surface area (Å²) in [5.41, 5.74) is 1.95. The van der Waals surface area contributed by atoms with E-state index in [9.17, 15) is 14.7 Å². The van der Waals surface area contributed by atoms with Crippen LogP contribution in [0.3, 0.4) is 0 Å². The number of nitrogens with zero attached hydrogens (tertiary/aromatic N) is 1. The van der Waals surface area contributed by atoms with Gasteiger partial charge < -0.3 is 10.0 Å². The van der Waals surface area contributed by atoms with Gasteiger partial charge in [-0.1, -0.05) is 27.6 Å². The van der Waals surface area contributed by atoms with Crippen molar-refractivity contribution in [2.45, 2.75) is 13.0 Å². The number of amides is 1. The quantitative estimate of drug-likeness (QED) is 0.675. The predicted molar refractivity (Wildman–Crippen MR) is 67.7 cm³/mol. The number of benzene rings is 1. The van der Waals surface area contributed by atoms with Crippen molar-refractivity contribution in [2.75, 3.05) is 16.8 Å². The Balaban J connectivity index is 2.38. The number of aliphatic hydroxyl groups excluding tert-OH is 1. The van der Waals surface area contributed by atoms with E-state index in [1.54, 1.807) is 12.1 Å². The predicted octanol–water partition coefficient (Wildman–Crippen LogP) is 1.28. The summed E-state index contributed by atoms with van der Waals surface area (Å²) >= 11 is 3.14. The molecule has 0 saturated carbocycles. The minimum atomic E-state index is -0.681. The molecular formula is C12H12BrNO3. The number of carbonyl (C=O) groups is 2. The first kappa shape index (κ1) is 12.3. The lowest BCUT2D eigenvalue weighted by atomic mass is 10.1. The highest BCUT2D eigenvalue weighted by Gasteiger charge is 2.36. The monoisotopic (exact) mass is 297 g/mol. The van der Waals surface area contributed by atoms with Crippen LogP contribution in [0.4, 0.5) is 5.69 Å². The summed E-state index contributed by atoms with van der Waals surface area (Å²) in [6.07, 6.45) is -0.681. The van der Waals surface area contributed by atoms with Gasteiger partial charge in [-0.25, -0.2) is 0 Å². The molecule has 1 unspecified atom stereocenters.